The second-order valence-corrected chi connectivity index (χ2v) is 3.88. The number of furan rings is 1. The number of nitrogen functional groups attached to an aromatic ring is 1. The molecule has 3 N–H and O–H groups in total. The smallest absolute Gasteiger partial charge is 0.268 e. The summed E-state index contributed by atoms with van der Waals surface area (Å²) in [6, 6.07) is 9.29. The molecule has 2 rings (SSSR count). The average Bonchev–Trinajstić information content (AvgIpc) is 2.84. The quantitative estimate of drug-likeness (QED) is 0.489. The number of nitrogens with two attached hydrogens (primary N) is 1. The number of ether oxygens (including phenoxy) is 1. The molecule has 18 heavy (non-hydrogen) atoms. The molecule has 94 valence electrons. The Balaban J connectivity index is 1.98. The number of carbonyl (C=O) groups excluding carboxylic acids is 1. The zero-order valence-electron chi connectivity index (χ0n) is 9.97. The van der Waals surface area contributed by atoms with Crippen molar-refractivity contribution in [1.82, 2.24) is 5.43 Å². The van der Waals surface area contributed by atoms with E-state index >= 15 is 0 Å². The number of aryl methyl sites for hydroxylation is 1. The maximum atomic E-state index is 11.2. The van der Waals surface area contributed by atoms with Crippen LogP contribution in [0.2, 0.25) is 0 Å². The minimum Gasteiger partial charge on any atom is -0.486 e. The second kappa shape index (κ2) is 5.37. The predicted molar refractivity (Wildman–Crippen MR) is 65.9 cm³/mol. The van der Waals surface area contributed by atoms with Crippen LogP contribution in [0.15, 0.2) is 41.0 Å². The van der Waals surface area contributed by atoms with Gasteiger partial charge < -0.3 is 9.15 Å². The molecule has 0 saturated heterocycles. The Morgan fingerprint density at radius 1 is 1.44 bits per heavy atom. The summed E-state index contributed by atoms with van der Waals surface area (Å²) in [4.78, 5) is 11.2. The lowest BCUT2D eigenvalue weighted by atomic mass is 10.2. The molecule has 0 spiro atoms. The first-order chi connectivity index (χ1) is 8.69. The van der Waals surface area contributed by atoms with Crippen LogP contribution >= 0.6 is 0 Å². The lowest BCUT2D eigenvalue weighted by molar-refractivity contribution is 0.0953. The van der Waals surface area contributed by atoms with Gasteiger partial charge in [0.05, 0.1) is 5.56 Å². The molecule has 5 heteroatoms. The molecule has 1 heterocycles. The number of carbonyl (C=O) groups is 1. The molecule has 0 fully saturated rings. The summed E-state index contributed by atoms with van der Waals surface area (Å²) < 4.78 is 10.7. The van der Waals surface area contributed by atoms with E-state index in [0.29, 0.717) is 11.3 Å². The van der Waals surface area contributed by atoms with Gasteiger partial charge in [0, 0.05) is 0 Å². The third-order valence-corrected chi connectivity index (χ3v) is 2.42. The number of benzene rings is 1. The van der Waals surface area contributed by atoms with E-state index in [0.717, 1.165) is 11.3 Å². The van der Waals surface area contributed by atoms with E-state index in [-0.39, 0.29) is 12.5 Å². The van der Waals surface area contributed by atoms with Crippen LogP contribution in [0, 0.1) is 6.92 Å². The lowest BCUT2D eigenvalue weighted by Crippen LogP contribution is -2.29. The van der Waals surface area contributed by atoms with E-state index in [2.05, 4.69) is 0 Å². The normalized spacial score (nSPS) is 10.1. The maximum absolute atomic E-state index is 11.2. The fourth-order valence-corrected chi connectivity index (χ4v) is 1.52. The first kappa shape index (κ1) is 12.2. The van der Waals surface area contributed by atoms with Crippen LogP contribution in [0.25, 0.3) is 0 Å². The van der Waals surface area contributed by atoms with E-state index in [1.54, 1.807) is 6.07 Å². The van der Waals surface area contributed by atoms with Crippen molar-refractivity contribution in [2.45, 2.75) is 13.5 Å². The zero-order chi connectivity index (χ0) is 13.0. The molecular formula is C13H14N2O3. The van der Waals surface area contributed by atoms with Gasteiger partial charge in [-0.25, -0.2) is 5.84 Å². The molecule has 0 saturated carbocycles. The average molecular weight is 246 g/mol. The van der Waals surface area contributed by atoms with Crippen molar-refractivity contribution in [2.24, 2.45) is 5.84 Å². The van der Waals surface area contributed by atoms with Crippen molar-refractivity contribution in [3.8, 4) is 5.75 Å². The minimum atomic E-state index is -0.388. The molecule has 2 aromatic rings. The maximum Gasteiger partial charge on any atom is 0.268 e. The van der Waals surface area contributed by atoms with Gasteiger partial charge in [-0.1, -0.05) is 12.1 Å². The van der Waals surface area contributed by atoms with Crippen molar-refractivity contribution in [1.29, 1.82) is 0 Å². The molecule has 0 unspecified atom stereocenters. The standard InChI is InChI=1S/C13H14N2O3/c1-9-3-2-4-11(5-9)18-8-12-6-10(7-17-12)13(16)15-14/h2-7H,8,14H2,1H3,(H,15,16). The monoisotopic (exact) mass is 246 g/mol. The lowest BCUT2D eigenvalue weighted by Gasteiger charge is -2.04. The van der Waals surface area contributed by atoms with Crippen LogP contribution in [-0.4, -0.2) is 5.91 Å². The van der Waals surface area contributed by atoms with E-state index in [1.165, 1.54) is 6.26 Å². The van der Waals surface area contributed by atoms with E-state index < -0.39 is 0 Å². The van der Waals surface area contributed by atoms with Gasteiger partial charge in [0.25, 0.3) is 5.91 Å². The molecule has 1 aromatic carbocycles. The first-order valence-corrected chi connectivity index (χ1v) is 5.47. The van der Waals surface area contributed by atoms with Crippen molar-refractivity contribution in [2.75, 3.05) is 0 Å². The molecule has 0 aliphatic heterocycles. The number of rotatable bonds is 4. The van der Waals surface area contributed by atoms with Crippen molar-refractivity contribution in [3.05, 3.63) is 53.5 Å². The topological polar surface area (TPSA) is 77.5 Å². The molecule has 1 amide bonds. The Kier molecular flexibility index (Phi) is 3.64. The number of hydrogen-bond acceptors (Lipinski definition) is 4. The molecule has 0 aliphatic carbocycles. The Bertz CT molecular complexity index is 549. The summed E-state index contributed by atoms with van der Waals surface area (Å²) in [6.45, 7) is 2.25. The van der Waals surface area contributed by atoms with Gasteiger partial charge in [0.1, 0.15) is 24.4 Å². The van der Waals surface area contributed by atoms with Crippen molar-refractivity contribution >= 4 is 5.91 Å². The van der Waals surface area contributed by atoms with Gasteiger partial charge in [-0.2, -0.15) is 0 Å². The molecule has 0 radical (unpaired) electrons. The first-order valence-electron chi connectivity index (χ1n) is 5.47. The summed E-state index contributed by atoms with van der Waals surface area (Å²) in [5, 5.41) is 0. The van der Waals surface area contributed by atoms with E-state index in [1.807, 2.05) is 36.6 Å². The van der Waals surface area contributed by atoms with Crippen LogP contribution in [0.3, 0.4) is 0 Å². The summed E-state index contributed by atoms with van der Waals surface area (Å²) in [6.07, 6.45) is 1.34. The highest BCUT2D eigenvalue weighted by molar-refractivity contribution is 5.93. The van der Waals surface area contributed by atoms with Crippen LogP contribution in [-0.2, 0) is 6.61 Å². The number of hydrazine groups is 1. The van der Waals surface area contributed by atoms with E-state index in [4.69, 9.17) is 15.0 Å². The SMILES string of the molecule is Cc1cccc(OCc2cc(C(=O)NN)co2)c1. The summed E-state index contributed by atoms with van der Waals surface area (Å²) >= 11 is 0. The highest BCUT2D eigenvalue weighted by Crippen LogP contribution is 2.15. The molecule has 1 aromatic heterocycles. The third-order valence-electron chi connectivity index (χ3n) is 2.42. The number of nitrogens with one attached hydrogen (secondary N) is 1. The van der Waals surface area contributed by atoms with Crippen LogP contribution in [0.5, 0.6) is 5.75 Å². The zero-order valence-corrected chi connectivity index (χ0v) is 9.97. The Hall–Kier alpha value is -2.27. The predicted octanol–water partition coefficient (Wildman–Crippen LogP) is 1.77. The second-order valence-electron chi connectivity index (χ2n) is 3.88. The van der Waals surface area contributed by atoms with Gasteiger partial charge in [-0.15, -0.1) is 0 Å². The molecule has 5 nitrogen and oxygen atoms in total. The highest BCUT2D eigenvalue weighted by Gasteiger charge is 2.08. The van der Waals surface area contributed by atoms with Crippen LogP contribution < -0.4 is 16.0 Å². The van der Waals surface area contributed by atoms with Gasteiger partial charge in [-0.05, 0) is 30.7 Å². The highest BCUT2D eigenvalue weighted by atomic mass is 16.5. The summed E-state index contributed by atoms with van der Waals surface area (Å²) in [7, 11) is 0. The van der Waals surface area contributed by atoms with E-state index in [9.17, 15) is 4.79 Å². The molecular weight excluding hydrogens is 232 g/mol. The van der Waals surface area contributed by atoms with Gasteiger partial charge in [0.2, 0.25) is 0 Å². The molecule has 0 aliphatic rings. The van der Waals surface area contributed by atoms with Crippen molar-refractivity contribution < 1.29 is 13.9 Å². The van der Waals surface area contributed by atoms with Crippen LogP contribution in [0.1, 0.15) is 21.7 Å². The van der Waals surface area contributed by atoms with Gasteiger partial charge >= 0.3 is 0 Å². The molecule has 0 bridgehead atoms. The largest absolute Gasteiger partial charge is 0.486 e. The van der Waals surface area contributed by atoms with Gasteiger partial charge in [0.15, 0.2) is 0 Å². The van der Waals surface area contributed by atoms with Crippen molar-refractivity contribution in [3.63, 3.8) is 0 Å². The fraction of sp³-hybridized carbons (Fsp3) is 0.154. The Labute approximate surface area is 105 Å². The Morgan fingerprint density at radius 3 is 3.00 bits per heavy atom. The fourth-order valence-electron chi connectivity index (χ4n) is 1.52. The summed E-state index contributed by atoms with van der Waals surface area (Å²) in [5.74, 6) is 5.96. The third kappa shape index (κ3) is 2.89. The Morgan fingerprint density at radius 2 is 2.28 bits per heavy atom. The van der Waals surface area contributed by atoms with Crippen LogP contribution in [0.4, 0.5) is 0 Å². The molecule has 0 atom stereocenters. The summed E-state index contributed by atoms with van der Waals surface area (Å²) in [5.41, 5.74) is 3.53. The minimum absolute atomic E-state index is 0.265. The number of hydrogen-bond donors (Lipinski definition) is 2. The number of amides is 1. The van der Waals surface area contributed by atoms with Gasteiger partial charge in [-0.3, -0.25) is 10.2 Å².